The predicted molar refractivity (Wildman–Crippen MR) is 126 cm³/mol. The zero-order valence-electron chi connectivity index (χ0n) is 18.7. The molecule has 2 aliphatic rings. The molecule has 1 saturated carbocycles. The minimum absolute atomic E-state index is 0.111. The first-order valence-electron chi connectivity index (χ1n) is 11.9. The fourth-order valence-corrected chi connectivity index (χ4v) is 4.90. The summed E-state index contributed by atoms with van der Waals surface area (Å²) in [5.41, 5.74) is 1.84. The van der Waals surface area contributed by atoms with Crippen molar-refractivity contribution in [3.63, 3.8) is 0 Å². The van der Waals surface area contributed by atoms with Crippen molar-refractivity contribution in [1.82, 2.24) is 14.8 Å². The molecular formula is C26H32N4O2. The van der Waals surface area contributed by atoms with Gasteiger partial charge in [0.15, 0.2) is 0 Å². The lowest BCUT2D eigenvalue weighted by Gasteiger charge is -2.27. The van der Waals surface area contributed by atoms with E-state index in [1.54, 1.807) is 6.08 Å². The molecule has 168 valence electrons. The van der Waals surface area contributed by atoms with E-state index in [1.165, 1.54) is 19.3 Å². The number of hydrogen-bond donors (Lipinski definition) is 1. The standard InChI is InChI=1S/C26H32N4O2/c27-17-20(26(32)28-22-10-4-1-2-5-11-22)16-21-18-30(24-13-7-6-12-23(21)24)19-25(31)29-14-8-3-9-15-29/h6-7,12-13,16,18,22H,1-5,8-11,14-15,19H2,(H,28,32)/b20-16+. The first-order valence-corrected chi connectivity index (χ1v) is 11.9. The second kappa shape index (κ2) is 10.5. The van der Waals surface area contributed by atoms with Crippen LogP contribution in [0.2, 0.25) is 0 Å². The molecule has 1 aliphatic carbocycles. The first-order chi connectivity index (χ1) is 15.7. The summed E-state index contributed by atoms with van der Waals surface area (Å²) in [5, 5.41) is 13.7. The Balaban J connectivity index is 1.56. The summed E-state index contributed by atoms with van der Waals surface area (Å²) in [6.07, 6.45) is 13.5. The number of aromatic nitrogens is 1. The number of rotatable bonds is 5. The number of likely N-dealkylation sites (tertiary alicyclic amines) is 1. The molecule has 0 bridgehead atoms. The van der Waals surface area contributed by atoms with Crippen LogP contribution in [0.4, 0.5) is 0 Å². The van der Waals surface area contributed by atoms with Gasteiger partial charge in [-0.3, -0.25) is 9.59 Å². The highest BCUT2D eigenvalue weighted by molar-refractivity contribution is 6.04. The molecule has 2 amide bonds. The summed E-state index contributed by atoms with van der Waals surface area (Å²) < 4.78 is 1.94. The van der Waals surface area contributed by atoms with Gasteiger partial charge in [-0.05, 0) is 44.2 Å². The fraction of sp³-hybridized carbons (Fsp3) is 0.500. The average Bonchev–Trinajstić information content (AvgIpc) is 2.97. The van der Waals surface area contributed by atoms with Crippen molar-refractivity contribution >= 4 is 28.8 Å². The summed E-state index contributed by atoms with van der Waals surface area (Å²) in [4.78, 5) is 27.6. The van der Waals surface area contributed by atoms with Gasteiger partial charge in [-0.25, -0.2) is 0 Å². The maximum atomic E-state index is 12.8. The van der Waals surface area contributed by atoms with Gasteiger partial charge in [-0.2, -0.15) is 5.26 Å². The lowest BCUT2D eigenvalue weighted by molar-refractivity contribution is -0.132. The largest absolute Gasteiger partial charge is 0.349 e. The van der Waals surface area contributed by atoms with Crippen LogP contribution in [0, 0.1) is 11.3 Å². The lowest BCUT2D eigenvalue weighted by Crippen LogP contribution is -2.37. The van der Waals surface area contributed by atoms with E-state index in [-0.39, 0.29) is 30.0 Å². The number of fused-ring (bicyclic) bond motifs is 1. The molecule has 4 rings (SSSR count). The molecule has 2 aromatic rings. The van der Waals surface area contributed by atoms with Gasteiger partial charge in [0.05, 0.1) is 0 Å². The Hall–Kier alpha value is -3.07. The van der Waals surface area contributed by atoms with Crippen molar-refractivity contribution < 1.29 is 9.59 Å². The third-order valence-corrected chi connectivity index (χ3v) is 6.69. The van der Waals surface area contributed by atoms with Crippen molar-refractivity contribution in [1.29, 1.82) is 5.26 Å². The van der Waals surface area contributed by atoms with Gasteiger partial charge >= 0.3 is 0 Å². The third-order valence-electron chi connectivity index (χ3n) is 6.69. The van der Waals surface area contributed by atoms with Crippen molar-refractivity contribution in [2.45, 2.75) is 70.4 Å². The summed E-state index contributed by atoms with van der Waals surface area (Å²) in [7, 11) is 0. The summed E-state index contributed by atoms with van der Waals surface area (Å²) in [6, 6.07) is 10.1. The molecule has 6 heteroatoms. The quantitative estimate of drug-likeness (QED) is 0.432. The van der Waals surface area contributed by atoms with Crippen LogP contribution in [0.25, 0.3) is 17.0 Å². The van der Waals surface area contributed by atoms with Crippen molar-refractivity contribution in [2.24, 2.45) is 0 Å². The maximum absolute atomic E-state index is 12.8. The lowest BCUT2D eigenvalue weighted by atomic mass is 10.1. The van der Waals surface area contributed by atoms with Gasteiger partial charge in [0.25, 0.3) is 5.91 Å². The van der Waals surface area contributed by atoms with Crippen LogP contribution in [0.5, 0.6) is 0 Å². The molecule has 1 aliphatic heterocycles. The number of nitriles is 1. The number of hydrogen-bond acceptors (Lipinski definition) is 3. The third kappa shape index (κ3) is 5.21. The number of carbonyl (C=O) groups excluding carboxylic acids is 2. The van der Waals surface area contributed by atoms with E-state index >= 15 is 0 Å². The Bertz CT molecular complexity index is 1030. The van der Waals surface area contributed by atoms with E-state index in [2.05, 4.69) is 11.4 Å². The number of nitrogens with one attached hydrogen (secondary N) is 1. The monoisotopic (exact) mass is 432 g/mol. The SMILES string of the molecule is N#C/C(=C\c1cn(CC(=O)N2CCCCC2)c2ccccc12)C(=O)NC1CCCCCC1. The first kappa shape index (κ1) is 22.1. The van der Waals surface area contributed by atoms with Crippen molar-refractivity contribution in [3.8, 4) is 6.07 Å². The van der Waals surface area contributed by atoms with Crippen LogP contribution >= 0.6 is 0 Å². The molecule has 0 unspecified atom stereocenters. The molecule has 1 N–H and O–H groups in total. The second-order valence-electron chi connectivity index (χ2n) is 9.00. The molecule has 0 radical (unpaired) electrons. The molecule has 0 atom stereocenters. The Morgan fingerprint density at radius 3 is 2.44 bits per heavy atom. The van der Waals surface area contributed by atoms with Gasteiger partial charge in [0.1, 0.15) is 18.2 Å². The number of amides is 2. The molecule has 2 heterocycles. The van der Waals surface area contributed by atoms with Crippen LogP contribution in [-0.2, 0) is 16.1 Å². The van der Waals surface area contributed by atoms with Crippen LogP contribution in [0.1, 0.15) is 63.4 Å². The normalized spacial score (nSPS) is 18.2. The van der Waals surface area contributed by atoms with Crippen LogP contribution in [-0.4, -0.2) is 40.4 Å². The second-order valence-corrected chi connectivity index (χ2v) is 9.00. The van der Waals surface area contributed by atoms with Crippen LogP contribution < -0.4 is 5.32 Å². The number of piperidine rings is 1. The van der Waals surface area contributed by atoms with E-state index in [1.807, 2.05) is 39.9 Å². The zero-order chi connectivity index (χ0) is 22.3. The number of para-hydroxylation sites is 1. The fourth-order valence-electron chi connectivity index (χ4n) is 4.90. The van der Waals surface area contributed by atoms with Gasteiger partial charge in [-0.15, -0.1) is 0 Å². The summed E-state index contributed by atoms with van der Waals surface area (Å²) >= 11 is 0. The van der Waals surface area contributed by atoms with E-state index in [0.29, 0.717) is 0 Å². The topological polar surface area (TPSA) is 78.1 Å². The molecular weight excluding hydrogens is 400 g/mol. The Morgan fingerprint density at radius 1 is 1.03 bits per heavy atom. The van der Waals surface area contributed by atoms with Crippen LogP contribution in [0.3, 0.4) is 0 Å². The molecule has 32 heavy (non-hydrogen) atoms. The molecule has 2 fully saturated rings. The van der Waals surface area contributed by atoms with Crippen molar-refractivity contribution in [3.05, 3.63) is 41.6 Å². The number of carbonyl (C=O) groups is 2. The zero-order valence-corrected chi connectivity index (χ0v) is 18.7. The van der Waals surface area contributed by atoms with Gasteiger partial charge in [0.2, 0.25) is 5.91 Å². The minimum Gasteiger partial charge on any atom is -0.349 e. The van der Waals surface area contributed by atoms with E-state index < -0.39 is 0 Å². The smallest absolute Gasteiger partial charge is 0.262 e. The average molecular weight is 433 g/mol. The number of nitrogens with zero attached hydrogens (tertiary/aromatic N) is 3. The summed E-state index contributed by atoms with van der Waals surface area (Å²) in [5.74, 6) is -0.187. The van der Waals surface area contributed by atoms with E-state index in [0.717, 1.165) is 68.1 Å². The number of benzene rings is 1. The highest BCUT2D eigenvalue weighted by atomic mass is 16.2. The molecule has 1 saturated heterocycles. The molecule has 6 nitrogen and oxygen atoms in total. The van der Waals surface area contributed by atoms with Crippen molar-refractivity contribution in [2.75, 3.05) is 13.1 Å². The molecule has 1 aromatic heterocycles. The van der Waals surface area contributed by atoms with Gasteiger partial charge in [0, 0.05) is 41.8 Å². The Kier molecular flexibility index (Phi) is 7.26. The van der Waals surface area contributed by atoms with Gasteiger partial charge in [-0.1, -0.05) is 43.9 Å². The predicted octanol–water partition coefficient (Wildman–Crippen LogP) is 4.40. The Labute approximate surface area is 189 Å². The maximum Gasteiger partial charge on any atom is 0.262 e. The molecule has 0 spiro atoms. The highest BCUT2D eigenvalue weighted by Gasteiger charge is 2.20. The Morgan fingerprint density at radius 2 is 1.72 bits per heavy atom. The molecule has 1 aromatic carbocycles. The van der Waals surface area contributed by atoms with Crippen LogP contribution in [0.15, 0.2) is 36.0 Å². The highest BCUT2D eigenvalue weighted by Crippen LogP contribution is 2.25. The van der Waals surface area contributed by atoms with Gasteiger partial charge < -0.3 is 14.8 Å². The minimum atomic E-state index is -0.305. The van der Waals surface area contributed by atoms with E-state index in [9.17, 15) is 14.9 Å². The van der Waals surface area contributed by atoms with E-state index in [4.69, 9.17) is 0 Å². The summed E-state index contributed by atoms with van der Waals surface area (Å²) in [6.45, 7) is 1.92.